The van der Waals surface area contributed by atoms with Gasteiger partial charge >= 0.3 is 11.5 Å². The summed E-state index contributed by atoms with van der Waals surface area (Å²) in [4.78, 5) is 16.9. The number of ether oxygens (including phenoxy) is 2. The molecule has 0 atom stereocenters. The molecule has 0 N–H and O–H groups in total. The summed E-state index contributed by atoms with van der Waals surface area (Å²) in [6.45, 7) is 6.31. The van der Waals surface area contributed by atoms with Gasteiger partial charge in [0.1, 0.15) is 11.4 Å². The fraction of sp³-hybridized carbons (Fsp3) is 0.441. The molecule has 4 aliphatic rings. The SMILES string of the molecule is Cc1cc([S+](c2ccccc2)c2ccccc2)cc(C)c1OCC(=O)OC1(C)C2CC3CC(C2)CC1C3.O=S(=O)([O-])C(F)(F)F. The first-order valence-electron chi connectivity index (χ1n) is 15.0. The highest BCUT2D eigenvalue weighted by Gasteiger charge is 2.57. The molecule has 0 heterocycles. The summed E-state index contributed by atoms with van der Waals surface area (Å²) < 4.78 is 71.3. The molecule has 4 fully saturated rings. The van der Waals surface area contributed by atoms with Crippen molar-refractivity contribution in [3.8, 4) is 5.75 Å². The predicted molar refractivity (Wildman–Crippen MR) is 164 cm³/mol. The van der Waals surface area contributed by atoms with Crippen LogP contribution in [-0.2, 0) is 30.5 Å². The molecule has 0 unspecified atom stereocenters. The average Bonchev–Trinajstić information content (AvgIpc) is 2.96. The number of rotatable bonds is 7. The van der Waals surface area contributed by atoms with E-state index in [0.717, 1.165) is 28.7 Å². The molecule has 4 bridgehead atoms. The number of alkyl halides is 3. The van der Waals surface area contributed by atoms with Crippen LogP contribution in [0.1, 0.15) is 50.2 Å². The van der Waals surface area contributed by atoms with Crippen molar-refractivity contribution in [2.75, 3.05) is 6.61 Å². The van der Waals surface area contributed by atoms with E-state index < -0.39 is 15.6 Å². The standard InChI is InChI=1S/C33H37O3S.CHF3O3S/c1-22-14-30(37(28-10-6-4-7-11-28)29-12-8-5-9-13-29)15-23(2)32(22)35-21-31(34)36-33(3)26-17-24-16-25(19-26)20-27(33)18-24;2-1(3,4)8(5,6)7/h4-15,24-27H,16-21H2,1-3H3;(H,5,6,7)/q+1;/p-1. The molecule has 242 valence electrons. The van der Waals surface area contributed by atoms with Crippen molar-refractivity contribution in [1.82, 2.24) is 0 Å². The highest BCUT2D eigenvalue weighted by molar-refractivity contribution is 7.97. The summed E-state index contributed by atoms with van der Waals surface area (Å²) >= 11 is 0. The molecule has 0 radical (unpaired) electrons. The number of benzene rings is 3. The number of hydrogen-bond donors (Lipinski definition) is 0. The van der Waals surface area contributed by atoms with Crippen LogP contribution in [0.2, 0.25) is 0 Å². The van der Waals surface area contributed by atoms with Crippen molar-refractivity contribution >= 4 is 27.0 Å². The van der Waals surface area contributed by atoms with Gasteiger partial charge in [-0.2, -0.15) is 13.2 Å². The molecule has 6 nitrogen and oxygen atoms in total. The Hall–Kier alpha value is -3.02. The highest BCUT2D eigenvalue weighted by atomic mass is 32.2. The van der Waals surface area contributed by atoms with E-state index in [9.17, 15) is 18.0 Å². The Morgan fingerprint density at radius 1 is 0.844 bits per heavy atom. The highest BCUT2D eigenvalue weighted by Crippen LogP contribution is 2.59. The van der Waals surface area contributed by atoms with Gasteiger partial charge in [-0.05, 0) is 112 Å². The first-order valence-corrected chi connectivity index (χ1v) is 17.6. The average molecular weight is 663 g/mol. The van der Waals surface area contributed by atoms with Gasteiger partial charge in [0, 0.05) is 12.1 Å². The molecular weight excluding hydrogens is 625 g/mol. The van der Waals surface area contributed by atoms with Gasteiger partial charge in [-0.25, -0.2) is 13.2 Å². The maximum Gasteiger partial charge on any atom is 0.485 e. The van der Waals surface area contributed by atoms with Gasteiger partial charge in [-0.1, -0.05) is 36.4 Å². The van der Waals surface area contributed by atoms with Crippen LogP contribution in [0.4, 0.5) is 13.2 Å². The number of esters is 1. The fourth-order valence-electron chi connectivity index (χ4n) is 7.47. The molecular formula is C34H37F3O6S2. The molecule has 0 spiro atoms. The minimum atomic E-state index is -6.09. The van der Waals surface area contributed by atoms with Crippen LogP contribution in [0, 0.1) is 37.5 Å². The Balaban J connectivity index is 0.000000444. The molecule has 3 aromatic rings. The van der Waals surface area contributed by atoms with Crippen molar-refractivity contribution < 1.29 is 40.4 Å². The molecule has 0 saturated heterocycles. The zero-order valence-electron chi connectivity index (χ0n) is 25.4. The summed E-state index contributed by atoms with van der Waals surface area (Å²) in [6.07, 6.45) is 6.29. The minimum Gasteiger partial charge on any atom is -0.741 e. The first-order chi connectivity index (χ1) is 21.2. The monoisotopic (exact) mass is 662 g/mol. The summed E-state index contributed by atoms with van der Waals surface area (Å²) in [5.74, 6) is 3.30. The molecule has 0 aromatic heterocycles. The topological polar surface area (TPSA) is 92.7 Å². The lowest BCUT2D eigenvalue weighted by Gasteiger charge is -2.59. The molecule has 7 rings (SSSR count). The van der Waals surface area contributed by atoms with E-state index in [0.29, 0.717) is 11.8 Å². The lowest BCUT2D eigenvalue weighted by atomic mass is 9.50. The summed E-state index contributed by atoms with van der Waals surface area (Å²) in [6, 6.07) is 25.8. The molecule has 0 aliphatic heterocycles. The fourth-order valence-corrected chi connectivity index (χ4v) is 9.73. The summed E-state index contributed by atoms with van der Waals surface area (Å²) in [5.41, 5.74) is -3.87. The van der Waals surface area contributed by atoms with Crippen molar-refractivity contribution in [2.45, 2.75) is 78.7 Å². The number of aryl methyl sites for hydroxylation is 2. The second kappa shape index (κ2) is 13.0. The zero-order chi connectivity index (χ0) is 32.6. The summed E-state index contributed by atoms with van der Waals surface area (Å²) in [5, 5.41) is 0. The van der Waals surface area contributed by atoms with E-state index in [4.69, 9.17) is 22.4 Å². The van der Waals surface area contributed by atoms with E-state index in [1.54, 1.807) is 0 Å². The normalized spacial score (nSPS) is 25.4. The largest absolute Gasteiger partial charge is 0.741 e. The number of hydrogen-bond acceptors (Lipinski definition) is 6. The van der Waals surface area contributed by atoms with Gasteiger partial charge in [-0.15, -0.1) is 0 Å². The van der Waals surface area contributed by atoms with Crippen LogP contribution in [0.15, 0.2) is 87.5 Å². The third-order valence-electron chi connectivity index (χ3n) is 9.34. The second-order valence-corrected chi connectivity index (χ2v) is 15.9. The van der Waals surface area contributed by atoms with Crippen molar-refractivity contribution in [2.24, 2.45) is 23.7 Å². The van der Waals surface area contributed by atoms with Crippen LogP contribution in [0.3, 0.4) is 0 Å². The molecule has 4 saturated carbocycles. The van der Waals surface area contributed by atoms with Gasteiger partial charge in [0.25, 0.3) is 0 Å². The molecule has 11 heteroatoms. The zero-order valence-corrected chi connectivity index (χ0v) is 27.0. The van der Waals surface area contributed by atoms with E-state index in [1.807, 2.05) is 0 Å². The third kappa shape index (κ3) is 7.36. The van der Waals surface area contributed by atoms with E-state index in [1.165, 1.54) is 46.8 Å². The van der Waals surface area contributed by atoms with Crippen LogP contribution in [0.25, 0.3) is 0 Å². The van der Waals surface area contributed by atoms with Gasteiger partial charge in [-0.3, -0.25) is 0 Å². The van der Waals surface area contributed by atoms with E-state index >= 15 is 0 Å². The van der Waals surface area contributed by atoms with Crippen LogP contribution in [-0.4, -0.2) is 36.7 Å². The second-order valence-electron chi connectivity index (χ2n) is 12.5. The lowest BCUT2D eigenvalue weighted by Crippen LogP contribution is -2.58. The molecule has 45 heavy (non-hydrogen) atoms. The minimum absolute atomic E-state index is 0.0357. The number of halogens is 3. The van der Waals surface area contributed by atoms with Gasteiger partial charge in [0.05, 0.1) is 10.9 Å². The predicted octanol–water partition coefficient (Wildman–Crippen LogP) is 7.59. The van der Waals surface area contributed by atoms with Crippen molar-refractivity contribution in [3.63, 3.8) is 0 Å². The van der Waals surface area contributed by atoms with Crippen LogP contribution < -0.4 is 4.74 Å². The van der Waals surface area contributed by atoms with E-state index in [-0.39, 0.29) is 29.1 Å². The molecule has 4 aliphatic carbocycles. The third-order valence-corrected chi connectivity index (χ3v) is 12.1. The quantitative estimate of drug-likeness (QED) is 0.112. The van der Waals surface area contributed by atoms with Crippen molar-refractivity contribution in [3.05, 3.63) is 83.9 Å². The molecule has 3 aromatic carbocycles. The Morgan fingerprint density at radius 2 is 1.27 bits per heavy atom. The Kier molecular flexibility index (Phi) is 9.63. The first kappa shape index (κ1) is 33.3. The Bertz CT molecular complexity index is 1520. The smallest absolute Gasteiger partial charge is 0.485 e. The maximum atomic E-state index is 13.0. The van der Waals surface area contributed by atoms with Gasteiger partial charge in [0.2, 0.25) is 0 Å². The van der Waals surface area contributed by atoms with Crippen LogP contribution >= 0.6 is 0 Å². The Morgan fingerprint density at radius 3 is 1.67 bits per heavy atom. The summed E-state index contributed by atoms with van der Waals surface area (Å²) in [7, 11) is -6.31. The van der Waals surface area contributed by atoms with E-state index in [2.05, 4.69) is 93.6 Å². The maximum absolute atomic E-state index is 13.0. The van der Waals surface area contributed by atoms with Crippen molar-refractivity contribution in [1.29, 1.82) is 0 Å². The Labute approximate surface area is 265 Å². The van der Waals surface area contributed by atoms with Crippen LogP contribution in [0.5, 0.6) is 5.75 Å². The lowest BCUT2D eigenvalue weighted by molar-refractivity contribution is -0.204. The number of carbonyl (C=O) groups excluding carboxylic acids is 1. The van der Waals surface area contributed by atoms with Gasteiger partial charge < -0.3 is 14.0 Å². The van der Waals surface area contributed by atoms with Gasteiger partial charge in [0.15, 0.2) is 31.4 Å². The number of carbonyl (C=O) groups is 1. The molecule has 0 amide bonds.